The first-order valence-corrected chi connectivity index (χ1v) is 11.2. The molecule has 0 saturated heterocycles. The number of fused-ring (bicyclic) bond motifs is 1. The summed E-state index contributed by atoms with van der Waals surface area (Å²) in [5.41, 5.74) is 3.36. The van der Waals surface area contributed by atoms with Gasteiger partial charge in [0.05, 0.1) is 17.1 Å². The number of aryl methyl sites for hydroxylation is 1. The van der Waals surface area contributed by atoms with E-state index in [1.165, 1.54) is 8.99 Å². The van der Waals surface area contributed by atoms with Crippen molar-refractivity contribution < 1.29 is 13.2 Å². The van der Waals surface area contributed by atoms with Crippen molar-refractivity contribution in [1.29, 1.82) is 0 Å². The Bertz CT molecular complexity index is 1200. The van der Waals surface area contributed by atoms with Crippen LogP contribution in [0.15, 0.2) is 59.5 Å². The van der Waals surface area contributed by atoms with Crippen molar-refractivity contribution in [3.8, 4) is 0 Å². The van der Waals surface area contributed by atoms with Gasteiger partial charge in [-0.25, -0.2) is 8.42 Å². The monoisotopic (exact) mass is 424 g/mol. The quantitative estimate of drug-likeness (QED) is 0.631. The van der Waals surface area contributed by atoms with Crippen LogP contribution < -0.4 is 9.21 Å². The maximum absolute atomic E-state index is 13.5. The van der Waals surface area contributed by atoms with Crippen LogP contribution in [0.5, 0.6) is 0 Å². The van der Waals surface area contributed by atoms with Crippen molar-refractivity contribution in [2.45, 2.75) is 31.7 Å². The van der Waals surface area contributed by atoms with Crippen molar-refractivity contribution in [2.24, 2.45) is 0 Å². The molecule has 1 amide bonds. The molecule has 0 radical (unpaired) electrons. The van der Waals surface area contributed by atoms with Crippen LogP contribution in [0.3, 0.4) is 0 Å². The summed E-state index contributed by atoms with van der Waals surface area (Å²) in [6.45, 7) is 3.74. The highest BCUT2D eigenvalue weighted by atomic mass is 32.2. The third-order valence-electron chi connectivity index (χ3n) is 5.51. The van der Waals surface area contributed by atoms with E-state index in [1.807, 2.05) is 54.6 Å². The zero-order valence-electron chi connectivity index (χ0n) is 17.2. The molecule has 7 nitrogen and oxygen atoms in total. The van der Waals surface area contributed by atoms with Gasteiger partial charge < -0.3 is 4.90 Å². The first kappa shape index (κ1) is 20.2. The fourth-order valence-corrected chi connectivity index (χ4v) is 5.79. The van der Waals surface area contributed by atoms with Gasteiger partial charge in [-0.05, 0) is 44.0 Å². The summed E-state index contributed by atoms with van der Waals surface area (Å²) >= 11 is 0. The summed E-state index contributed by atoms with van der Waals surface area (Å²) < 4.78 is 29.9. The second-order valence-electron chi connectivity index (χ2n) is 7.40. The van der Waals surface area contributed by atoms with Crippen LogP contribution in [-0.4, -0.2) is 37.7 Å². The van der Waals surface area contributed by atoms with Crippen molar-refractivity contribution >= 4 is 27.3 Å². The highest BCUT2D eigenvalue weighted by Crippen LogP contribution is 2.34. The number of amides is 1. The van der Waals surface area contributed by atoms with Crippen molar-refractivity contribution in [1.82, 2.24) is 9.78 Å². The fourth-order valence-electron chi connectivity index (χ4n) is 3.91. The third-order valence-corrected chi connectivity index (χ3v) is 7.58. The Labute approximate surface area is 176 Å². The molecule has 3 aromatic rings. The van der Waals surface area contributed by atoms with Gasteiger partial charge in [0.25, 0.3) is 10.0 Å². The lowest BCUT2D eigenvalue weighted by atomic mass is 10.2. The SMILES string of the molecule is Cc1nn(CC(=O)N(C)c2ccccc2)c(C)c1S(=O)(=O)N1CCc2ccccc21. The molecule has 0 spiro atoms. The number of anilines is 2. The van der Waals surface area contributed by atoms with Crippen LogP contribution >= 0.6 is 0 Å². The molecule has 0 saturated carbocycles. The molecule has 2 aromatic carbocycles. The van der Waals surface area contributed by atoms with Gasteiger partial charge in [0.15, 0.2) is 0 Å². The number of hydrogen-bond donors (Lipinski definition) is 0. The number of likely N-dealkylation sites (N-methyl/N-ethyl adjacent to an activating group) is 1. The standard InChI is InChI=1S/C22H24N4O3S/c1-16-22(30(28,29)26-14-13-18-9-7-8-12-20(18)26)17(2)25(23-16)15-21(27)24(3)19-10-5-4-6-11-19/h4-12H,13-15H2,1-3H3. The maximum Gasteiger partial charge on any atom is 0.268 e. The number of hydrogen-bond acceptors (Lipinski definition) is 4. The molecule has 0 N–H and O–H groups in total. The summed E-state index contributed by atoms with van der Waals surface area (Å²) in [6.07, 6.45) is 0.683. The van der Waals surface area contributed by atoms with E-state index in [0.717, 1.165) is 11.3 Å². The average molecular weight is 425 g/mol. The normalized spacial score (nSPS) is 13.4. The number of aromatic nitrogens is 2. The van der Waals surface area contributed by atoms with Crippen LogP contribution in [0, 0.1) is 13.8 Å². The Hall–Kier alpha value is -3.13. The first-order valence-electron chi connectivity index (χ1n) is 9.77. The molecule has 0 atom stereocenters. The molecule has 1 aliphatic heterocycles. The van der Waals surface area contributed by atoms with Crippen LogP contribution in [-0.2, 0) is 27.8 Å². The Morgan fingerprint density at radius 2 is 1.73 bits per heavy atom. The van der Waals surface area contributed by atoms with Crippen LogP contribution in [0.2, 0.25) is 0 Å². The smallest absolute Gasteiger partial charge is 0.268 e. The summed E-state index contributed by atoms with van der Waals surface area (Å²) in [6, 6.07) is 16.8. The molecular formula is C22H24N4O3S. The summed E-state index contributed by atoms with van der Waals surface area (Å²) in [5.74, 6) is -0.178. The highest BCUT2D eigenvalue weighted by molar-refractivity contribution is 7.93. The second-order valence-corrected chi connectivity index (χ2v) is 9.20. The lowest BCUT2D eigenvalue weighted by Gasteiger charge is -2.20. The minimum Gasteiger partial charge on any atom is -0.314 e. The summed E-state index contributed by atoms with van der Waals surface area (Å²) in [4.78, 5) is 14.5. The predicted octanol–water partition coefficient (Wildman–Crippen LogP) is 2.91. The van der Waals surface area contributed by atoms with E-state index in [9.17, 15) is 13.2 Å². The minimum absolute atomic E-state index is 0.0375. The van der Waals surface area contributed by atoms with Crippen molar-refractivity contribution in [2.75, 3.05) is 22.8 Å². The Balaban J connectivity index is 1.64. The zero-order valence-corrected chi connectivity index (χ0v) is 18.1. The lowest BCUT2D eigenvalue weighted by Crippen LogP contribution is -2.31. The number of carbonyl (C=O) groups excluding carboxylic acids is 1. The molecule has 1 aliphatic rings. The Morgan fingerprint density at radius 3 is 2.47 bits per heavy atom. The average Bonchev–Trinajstić information content (AvgIpc) is 3.29. The van der Waals surface area contributed by atoms with E-state index >= 15 is 0 Å². The van der Waals surface area contributed by atoms with Gasteiger partial charge in [-0.3, -0.25) is 13.8 Å². The molecule has 156 valence electrons. The van der Waals surface area contributed by atoms with Crippen LogP contribution in [0.4, 0.5) is 11.4 Å². The fraction of sp³-hybridized carbons (Fsp3) is 0.273. The molecule has 1 aromatic heterocycles. The van der Waals surface area contributed by atoms with E-state index in [0.29, 0.717) is 30.0 Å². The third kappa shape index (κ3) is 3.37. The number of sulfonamides is 1. The van der Waals surface area contributed by atoms with Gasteiger partial charge in [0.1, 0.15) is 11.4 Å². The minimum atomic E-state index is -3.78. The molecular weight excluding hydrogens is 400 g/mol. The summed E-state index contributed by atoms with van der Waals surface area (Å²) in [7, 11) is -2.08. The molecule has 0 aliphatic carbocycles. The zero-order chi connectivity index (χ0) is 21.5. The number of benzene rings is 2. The van der Waals surface area contributed by atoms with Gasteiger partial charge in [-0.2, -0.15) is 5.10 Å². The van der Waals surface area contributed by atoms with Gasteiger partial charge in [0.2, 0.25) is 5.91 Å². The van der Waals surface area contributed by atoms with Gasteiger partial charge in [-0.1, -0.05) is 36.4 Å². The predicted molar refractivity (Wildman–Crippen MR) is 116 cm³/mol. The van der Waals surface area contributed by atoms with Crippen molar-refractivity contribution in [3.63, 3.8) is 0 Å². The lowest BCUT2D eigenvalue weighted by molar-refractivity contribution is -0.119. The van der Waals surface area contributed by atoms with Gasteiger partial charge in [0, 0.05) is 19.3 Å². The van der Waals surface area contributed by atoms with Gasteiger partial charge in [-0.15, -0.1) is 0 Å². The number of carbonyl (C=O) groups is 1. The van der Waals surface area contributed by atoms with Gasteiger partial charge >= 0.3 is 0 Å². The molecule has 4 rings (SSSR count). The van der Waals surface area contributed by atoms with Crippen LogP contribution in [0.1, 0.15) is 17.0 Å². The Morgan fingerprint density at radius 1 is 1.07 bits per heavy atom. The van der Waals surface area contributed by atoms with Crippen LogP contribution in [0.25, 0.3) is 0 Å². The van der Waals surface area contributed by atoms with Crippen molar-refractivity contribution in [3.05, 3.63) is 71.5 Å². The second kappa shape index (κ2) is 7.60. The van der Waals surface area contributed by atoms with E-state index in [2.05, 4.69) is 5.10 Å². The molecule has 0 bridgehead atoms. The number of para-hydroxylation sites is 2. The molecule has 0 fully saturated rings. The molecule has 0 unspecified atom stereocenters. The van der Waals surface area contributed by atoms with E-state index in [1.54, 1.807) is 25.8 Å². The van der Waals surface area contributed by atoms with E-state index in [-0.39, 0.29) is 17.3 Å². The molecule has 8 heteroatoms. The highest BCUT2D eigenvalue weighted by Gasteiger charge is 2.35. The largest absolute Gasteiger partial charge is 0.314 e. The summed E-state index contributed by atoms with van der Waals surface area (Å²) in [5, 5.41) is 4.38. The van der Waals surface area contributed by atoms with E-state index < -0.39 is 10.0 Å². The number of nitrogens with zero attached hydrogens (tertiary/aromatic N) is 4. The first-order chi connectivity index (χ1) is 14.3. The Kier molecular flexibility index (Phi) is 5.11. The number of rotatable bonds is 5. The molecule has 30 heavy (non-hydrogen) atoms. The molecule has 2 heterocycles. The van der Waals surface area contributed by atoms with E-state index in [4.69, 9.17) is 0 Å². The maximum atomic E-state index is 13.5. The topological polar surface area (TPSA) is 75.5 Å².